The van der Waals surface area contributed by atoms with E-state index >= 15 is 0 Å². The third-order valence-electron chi connectivity index (χ3n) is 1.83. The molecule has 0 heterocycles. The van der Waals surface area contributed by atoms with Crippen molar-refractivity contribution in [1.29, 1.82) is 0 Å². The molecule has 1 aromatic rings. The van der Waals surface area contributed by atoms with E-state index in [0.717, 1.165) is 17.7 Å². The van der Waals surface area contributed by atoms with Crippen LogP contribution in [0.5, 0.6) is 5.75 Å². The van der Waals surface area contributed by atoms with E-state index in [1.54, 1.807) is 6.92 Å². The molecule has 0 aliphatic rings. The van der Waals surface area contributed by atoms with Crippen molar-refractivity contribution in [3.05, 3.63) is 29.8 Å². The van der Waals surface area contributed by atoms with Gasteiger partial charge < -0.3 is 4.74 Å². The Labute approximate surface area is 79.2 Å². The summed E-state index contributed by atoms with van der Waals surface area (Å²) in [5.41, 5.74) is 1.16. The van der Waals surface area contributed by atoms with Gasteiger partial charge in [0, 0.05) is 0 Å². The summed E-state index contributed by atoms with van der Waals surface area (Å²) in [6, 6.07) is 7.82. The summed E-state index contributed by atoms with van der Waals surface area (Å²) < 4.78 is 5.38. The summed E-state index contributed by atoms with van der Waals surface area (Å²) in [5, 5.41) is 10.8. The summed E-state index contributed by atoms with van der Waals surface area (Å²) in [4.78, 5) is 0. The Bertz CT molecular complexity index is 256. The van der Waals surface area contributed by atoms with Gasteiger partial charge in [-0.1, -0.05) is 25.1 Å². The van der Waals surface area contributed by atoms with Crippen LogP contribution in [0.4, 0.5) is 0 Å². The lowest BCUT2D eigenvalue weighted by Gasteiger charge is -2.10. The van der Waals surface area contributed by atoms with E-state index in [9.17, 15) is 5.11 Å². The first-order valence-electron chi connectivity index (χ1n) is 4.60. The minimum absolute atomic E-state index is 0.247. The number of ether oxygens (including phenoxy) is 1. The predicted molar refractivity (Wildman–Crippen MR) is 51.5 cm³/mol. The first-order chi connectivity index (χ1) is 6.24. The van der Waals surface area contributed by atoms with Crippen LogP contribution in [0.1, 0.15) is 19.4 Å². The zero-order chi connectivity index (χ0) is 9.68. The van der Waals surface area contributed by atoms with E-state index in [1.807, 2.05) is 24.3 Å². The summed E-state index contributed by atoms with van der Waals surface area (Å²) in [6.07, 6.45) is 0.272. The van der Waals surface area contributed by atoms with E-state index in [2.05, 4.69) is 6.92 Å². The molecule has 1 atom stereocenters. The second-order valence-corrected chi connectivity index (χ2v) is 3.08. The van der Waals surface area contributed by atoms with Crippen LogP contribution in [0.25, 0.3) is 0 Å². The van der Waals surface area contributed by atoms with Gasteiger partial charge in [0.2, 0.25) is 0 Å². The summed E-state index contributed by atoms with van der Waals surface area (Å²) in [7, 11) is 0. The Morgan fingerprint density at radius 1 is 1.38 bits per heavy atom. The predicted octanol–water partition coefficient (Wildman–Crippen LogP) is 2.45. The minimum Gasteiger partial charge on any atom is -0.490 e. The summed E-state index contributed by atoms with van der Waals surface area (Å²) >= 11 is 0. The van der Waals surface area contributed by atoms with E-state index in [4.69, 9.17) is 4.74 Å². The number of benzene rings is 1. The van der Waals surface area contributed by atoms with Crippen LogP contribution in [0.3, 0.4) is 0 Å². The molecular weight excluding hydrogens is 164 g/mol. The molecule has 71 valence electrons. The Morgan fingerprint density at radius 2 is 2.08 bits per heavy atom. The molecule has 0 saturated carbocycles. The molecule has 0 bridgehead atoms. The van der Waals surface area contributed by atoms with Crippen LogP contribution in [-0.2, 0) is 11.5 Å². The topological polar surface area (TPSA) is 29.1 Å². The van der Waals surface area contributed by atoms with E-state index < -0.39 is 6.10 Å². The lowest BCUT2D eigenvalue weighted by molar-refractivity contribution is 0.0582. The van der Waals surface area contributed by atoms with Crippen LogP contribution in [0.2, 0.25) is 0 Å². The second-order valence-electron chi connectivity index (χ2n) is 3.08. The van der Waals surface area contributed by atoms with Gasteiger partial charge in [0.15, 0.2) is 0 Å². The second kappa shape index (κ2) is 4.87. The van der Waals surface area contributed by atoms with Gasteiger partial charge in [-0.25, -0.2) is 5.11 Å². The van der Waals surface area contributed by atoms with Crippen LogP contribution in [0, 0.1) is 0 Å². The van der Waals surface area contributed by atoms with E-state index in [1.165, 1.54) is 0 Å². The summed E-state index contributed by atoms with van der Waals surface area (Å²) in [5.74, 6) is 0.840. The first kappa shape index (κ1) is 10.1. The fourth-order valence-electron chi connectivity index (χ4n) is 1.14. The van der Waals surface area contributed by atoms with Crippen molar-refractivity contribution in [3.8, 4) is 5.75 Å². The molecule has 0 amide bonds. The summed E-state index contributed by atoms with van der Waals surface area (Å²) in [6.45, 7) is 3.92. The van der Waals surface area contributed by atoms with Gasteiger partial charge in [-0.3, -0.25) is 0 Å². The number of hydrogen-bond acceptors (Lipinski definition) is 1. The van der Waals surface area contributed by atoms with Crippen molar-refractivity contribution in [1.82, 2.24) is 0 Å². The lowest BCUT2D eigenvalue weighted by atomic mass is 10.1. The monoisotopic (exact) mass is 179 g/mol. The van der Waals surface area contributed by atoms with Gasteiger partial charge in [-0.2, -0.15) is 0 Å². The molecule has 2 nitrogen and oxygen atoms in total. The van der Waals surface area contributed by atoms with Gasteiger partial charge in [0.25, 0.3) is 0 Å². The molecule has 1 aromatic carbocycles. The molecule has 1 rings (SSSR count). The fraction of sp³-hybridized carbons (Fsp3) is 0.455. The quantitative estimate of drug-likeness (QED) is 0.698. The molecule has 0 spiro atoms. The van der Waals surface area contributed by atoms with Crippen LogP contribution in [-0.4, -0.2) is 12.7 Å². The highest BCUT2D eigenvalue weighted by Gasteiger charge is 2.02. The molecule has 1 radical (unpaired) electrons. The van der Waals surface area contributed by atoms with Gasteiger partial charge in [-0.15, -0.1) is 0 Å². The normalized spacial score (nSPS) is 12.5. The van der Waals surface area contributed by atoms with Gasteiger partial charge in [0.1, 0.15) is 18.5 Å². The minimum atomic E-state index is -0.662. The molecule has 0 fully saturated rings. The highest BCUT2D eigenvalue weighted by Crippen LogP contribution is 2.18. The van der Waals surface area contributed by atoms with E-state index in [-0.39, 0.29) is 6.61 Å². The maximum Gasteiger partial charge on any atom is 0.124 e. The maximum atomic E-state index is 10.8. The fourth-order valence-corrected chi connectivity index (χ4v) is 1.14. The van der Waals surface area contributed by atoms with Gasteiger partial charge >= 0.3 is 0 Å². The number of aryl methyl sites for hydroxylation is 1. The SMILES string of the molecule is CCc1ccccc1OCC(C)[O]. The van der Waals surface area contributed by atoms with Crippen LogP contribution < -0.4 is 4.74 Å². The number of rotatable bonds is 4. The molecule has 13 heavy (non-hydrogen) atoms. The Morgan fingerprint density at radius 3 is 2.69 bits per heavy atom. The zero-order valence-corrected chi connectivity index (χ0v) is 8.12. The van der Waals surface area contributed by atoms with Crippen molar-refractivity contribution in [2.45, 2.75) is 26.4 Å². The Hall–Kier alpha value is -1.02. The third-order valence-corrected chi connectivity index (χ3v) is 1.83. The Kier molecular flexibility index (Phi) is 3.77. The zero-order valence-electron chi connectivity index (χ0n) is 8.12. The molecule has 0 aromatic heterocycles. The van der Waals surface area contributed by atoms with Crippen LogP contribution in [0.15, 0.2) is 24.3 Å². The molecule has 0 saturated heterocycles. The molecule has 0 N–H and O–H groups in total. The van der Waals surface area contributed by atoms with Gasteiger partial charge in [0.05, 0.1) is 0 Å². The maximum absolute atomic E-state index is 10.8. The van der Waals surface area contributed by atoms with E-state index in [0.29, 0.717) is 0 Å². The van der Waals surface area contributed by atoms with Crippen molar-refractivity contribution in [3.63, 3.8) is 0 Å². The van der Waals surface area contributed by atoms with Crippen molar-refractivity contribution in [2.24, 2.45) is 0 Å². The van der Waals surface area contributed by atoms with Crippen LogP contribution >= 0.6 is 0 Å². The average molecular weight is 179 g/mol. The largest absolute Gasteiger partial charge is 0.490 e. The average Bonchev–Trinajstić information content (AvgIpc) is 2.15. The first-order valence-corrected chi connectivity index (χ1v) is 4.60. The third kappa shape index (κ3) is 3.07. The lowest BCUT2D eigenvalue weighted by Crippen LogP contribution is -2.12. The van der Waals surface area contributed by atoms with Crippen molar-refractivity contribution in [2.75, 3.05) is 6.61 Å². The Balaban J connectivity index is 2.64. The molecular formula is C11H15O2. The standard InChI is InChI=1S/C11H15O2/c1-3-10-6-4-5-7-11(10)13-8-9(2)12/h4-7,9H,3,8H2,1-2H3. The molecule has 1 unspecified atom stereocenters. The number of para-hydroxylation sites is 1. The van der Waals surface area contributed by atoms with Crippen molar-refractivity contribution < 1.29 is 9.84 Å². The number of hydrogen-bond donors (Lipinski definition) is 0. The molecule has 0 aliphatic heterocycles. The highest BCUT2D eigenvalue weighted by molar-refractivity contribution is 5.33. The molecule has 2 heteroatoms. The van der Waals surface area contributed by atoms with Crippen molar-refractivity contribution >= 4 is 0 Å². The highest BCUT2D eigenvalue weighted by atomic mass is 16.5. The molecule has 0 aliphatic carbocycles. The smallest absolute Gasteiger partial charge is 0.124 e. The van der Waals surface area contributed by atoms with Gasteiger partial charge in [-0.05, 0) is 25.0 Å².